The van der Waals surface area contributed by atoms with Gasteiger partial charge in [0, 0.05) is 12.6 Å². The van der Waals surface area contributed by atoms with Crippen LogP contribution in [0.2, 0.25) is 0 Å². The number of ether oxygens (including phenoxy) is 1. The number of likely N-dealkylation sites (tertiary alicyclic amines) is 1. The number of aromatic nitrogens is 1. The molecule has 2 aliphatic heterocycles. The maximum atomic E-state index is 13.0. The summed E-state index contributed by atoms with van der Waals surface area (Å²) in [6.07, 6.45) is 4.53. The second kappa shape index (κ2) is 10.1. The summed E-state index contributed by atoms with van der Waals surface area (Å²) in [6.45, 7) is 3.21. The smallest absolute Gasteiger partial charge is 0.273 e. The lowest BCUT2D eigenvalue weighted by atomic mass is 9.98. The number of aryl methyl sites for hydroxylation is 1. The maximum Gasteiger partial charge on any atom is 0.273 e. The van der Waals surface area contributed by atoms with Crippen molar-refractivity contribution in [3.63, 3.8) is 0 Å². The number of hydrogen-bond acceptors (Lipinski definition) is 7. The van der Waals surface area contributed by atoms with Crippen LogP contribution in [0.4, 0.5) is 0 Å². The quantitative estimate of drug-likeness (QED) is 0.545. The molecular weight excluding hydrogens is 438 g/mol. The van der Waals surface area contributed by atoms with Crippen LogP contribution in [0.3, 0.4) is 0 Å². The summed E-state index contributed by atoms with van der Waals surface area (Å²) in [7, 11) is 0. The Labute approximate surface area is 197 Å². The minimum atomic E-state index is -0.865. The topological polar surface area (TPSA) is 87.8 Å². The first kappa shape index (κ1) is 22.1. The maximum absolute atomic E-state index is 13.0. The van der Waals surface area contributed by atoms with E-state index in [-0.39, 0.29) is 11.6 Å². The summed E-state index contributed by atoms with van der Waals surface area (Å²) < 4.78 is 11.3. The number of benzene rings is 1. The molecule has 1 aromatic carbocycles. The Morgan fingerprint density at radius 3 is 2.88 bits per heavy atom. The van der Waals surface area contributed by atoms with Crippen LogP contribution in [0, 0.1) is 0 Å². The summed E-state index contributed by atoms with van der Waals surface area (Å²) in [5.74, 6) is 1.05. The number of fused-ring (bicyclic) bond motifs is 1. The van der Waals surface area contributed by atoms with Gasteiger partial charge in [-0.25, -0.2) is 0 Å². The molecule has 0 saturated carbocycles. The minimum absolute atomic E-state index is 0.210. The fourth-order valence-electron chi connectivity index (χ4n) is 4.56. The van der Waals surface area contributed by atoms with Gasteiger partial charge in [0.2, 0.25) is 0 Å². The highest BCUT2D eigenvalue weighted by atomic mass is 32.1. The van der Waals surface area contributed by atoms with Crippen LogP contribution < -0.4 is 10.1 Å². The van der Waals surface area contributed by atoms with Crippen LogP contribution in [0.15, 0.2) is 46.3 Å². The number of aliphatic hydroxyl groups excluding tert-OH is 1. The zero-order valence-electron chi connectivity index (χ0n) is 18.5. The van der Waals surface area contributed by atoms with Crippen molar-refractivity contribution >= 4 is 17.2 Å². The monoisotopic (exact) mass is 467 g/mol. The van der Waals surface area contributed by atoms with Crippen molar-refractivity contribution in [2.45, 2.75) is 44.2 Å². The van der Waals surface area contributed by atoms with Crippen molar-refractivity contribution in [2.24, 2.45) is 0 Å². The molecule has 2 aromatic heterocycles. The molecular formula is C25H29N3O4S. The number of carbonyl (C=O) groups excluding carboxylic acids is 1. The third-order valence-electron chi connectivity index (χ3n) is 6.39. The molecule has 0 bridgehead atoms. The van der Waals surface area contributed by atoms with Gasteiger partial charge in [-0.05, 0) is 73.8 Å². The van der Waals surface area contributed by atoms with Crippen molar-refractivity contribution < 1.29 is 19.2 Å². The second-order valence-electron chi connectivity index (χ2n) is 8.76. The Balaban J connectivity index is 1.35. The molecule has 5 rings (SSSR count). The fraction of sp³-hybridized carbons (Fsp3) is 0.440. The second-order valence-corrected chi connectivity index (χ2v) is 9.71. The van der Waals surface area contributed by atoms with Gasteiger partial charge >= 0.3 is 0 Å². The molecule has 1 amide bonds. The average Bonchev–Trinajstić information content (AvgIpc) is 3.59. The van der Waals surface area contributed by atoms with E-state index >= 15 is 0 Å². The van der Waals surface area contributed by atoms with Crippen molar-refractivity contribution in [2.75, 3.05) is 26.2 Å². The van der Waals surface area contributed by atoms with Crippen molar-refractivity contribution in [1.29, 1.82) is 0 Å². The normalized spacial score (nSPS) is 18.2. The van der Waals surface area contributed by atoms with E-state index in [1.165, 1.54) is 16.9 Å². The van der Waals surface area contributed by atoms with Crippen LogP contribution >= 0.6 is 11.3 Å². The first-order valence-electron chi connectivity index (χ1n) is 11.6. The molecule has 2 atom stereocenters. The standard InChI is InChI=1S/C25H29N3O4S/c29-24(18-9-8-17-6-1-4-12-31-21(17)14-18)20(16-28-10-2-3-11-28)26-25(30)19-15-22(32-27-19)23-7-5-13-33-23/h5,7-9,13-15,20,24,29H,1-4,6,10-12,16H2,(H,26,30)/t20-,24-/m1/s1. The number of nitrogens with zero attached hydrogens (tertiary/aromatic N) is 2. The number of amides is 1. The van der Waals surface area contributed by atoms with Gasteiger partial charge in [-0.3, -0.25) is 4.79 Å². The Bertz CT molecular complexity index is 1080. The lowest BCUT2D eigenvalue weighted by Gasteiger charge is -2.28. The predicted octanol–water partition coefficient (Wildman–Crippen LogP) is 4.05. The molecule has 2 aliphatic rings. The van der Waals surface area contributed by atoms with Crippen LogP contribution in [0.5, 0.6) is 5.75 Å². The molecule has 0 spiro atoms. The van der Waals surface area contributed by atoms with Gasteiger partial charge in [-0.2, -0.15) is 0 Å². The van der Waals surface area contributed by atoms with E-state index in [1.807, 2.05) is 35.7 Å². The summed E-state index contributed by atoms with van der Waals surface area (Å²) in [6, 6.07) is 10.9. The Kier molecular flexibility index (Phi) is 6.75. The molecule has 4 heterocycles. The van der Waals surface area contributed by atoms with E-state index in [2.05, 4.69) is 15.4 Å². The molecule has 7 nitrogen and oxygen atoms in total. The van der Waals surface area contributed by atoms with Gasteiger partial charge in [0.15, 0.2) is 11.5 Å². The van der Waals surface area contributed by atoms with Crippen LogP contribution in [-0.4, -0.2) is 53.4 Å². The van der Waals surface area contributed by atoms with Crippen molar-refractivity contribution in [3.05, 3.63) is 58.6 Å². The summed E-state index contributed by atoms with van der Waals surface area (Å²) >= 11 is 1.53. The third kappa shape index (κ3) is 5.13. The van der Waals surface area contributed by atoms with Crippen LogP contribution in [0.25, 0.3) is 10.6 Å². The van der Waals surface area contributed by atoms with Gasteiger partial charge < -0.3 is 24.6 Å². The molecule has 33 heavy (non-hydrogen) atoms. The van der Waals surface area contributed by atoms with E-state index in [0.29, 0.717) is 18.9 Å². The highest BCUT2D eigenvalue weighted by Gasteiger charge is 2.29. The lowest BCUT2D eigenvalue weighted by Crippen LogP contribution is -2.46. The average molecular weight is 468 g/mol. The van der Waals surface area contributed by atoms with Gasteiger partial charge in [0.05, 0.1) is 17.5 Å². The van der Waals surface area contributed by atoms with E-state index in [0.717, 1.165) is 61.4 Å². The van der Waals surface area contributed by atoms with Crippen molar-refractivity contribution in [3.8, 4) is 16.4 Å². The minimum Gasteiger partial charge on any atom is -0.493 e. The Morgan fingerprint density at radius 1 is 1.18 bits per heavy atom. The van der Waals surface area contributed by atoms with E-state index < -0.39 is 12.1 Å². The molecule has 3 aromatic rings. The lowest BCUT2D eigenvalue weighted by molar-refractivity contribution is 0.0765. The molecule has 0 radical (unpaired) electrons. The van der Waals surface area contributed by atoms with Gasteiger partial charge in [-0.1, -0.05) is 23.4 Å². The highest BCUT2D eigenvalue weighted by Crippen LogP contribution is 2.30. The van der Waals surface area contributed by atoms with Crippen LogP contribution in [-0.2, 0) is 6.42 Å². The first-order chi connectivity index (χ1) is 16.2. The molecule has 0 unspecified atom stereocenters. The summed E-state index contributed by atoms with van der Waals surface area (Å²) in [5, 5.41) is 20.3. The number of hydrogen-bond donors (Lipinski definition) is 2. The molecule has 1 fully saturated rings. The van der Waals surface area contributed by atoms with Crippen LogP contribution in [0.1, 0.15) is 53.4 Å². The molecule has 174 valence electrons. The first-order valence-corrected chi connectivity index (χ1v) is 12.5. The van der Waals surface area contributed by atoms with Gasteiger partial charge in [-0.15, -0.1) is 11.3 Å². The number of aliphatic hydroxyl groups is 1. The largest absolute Gasteiger partial charge is 0.493 e. The summed E-state index contributed by atoms with van der Waals surface area (Å²) in [5.41, 5.74) is 2.13. The molecule has 2 N–H and O–H groups in total. The molecule has 8 heteroatoms. The van der Waals surface area contributed by atoms with Crippen molar-refractivity contribution in [1.82, 2.24) is 15.4 Å². The van der Waals surface area contributed by atoms with Gasteiger partial charge in [0.1, 0.15) is 11.9 Å². The highest BCUT2D eigenvalue weighted by molar-refractivity contribution is 7.13. The fourth-order valence-corrected chi connectivity index (χ4v) is 5.23. The van der Waals surface area contributed by atoms with E-state index in [9.17, 15) is 9.90 Å². The number of carbonyl (C=O) groups is 1. The Morgan fingerprint density at radius 2 is 2.06 bits per heavy atom. The predicted molar refractivity (Wildman–Crippen MR) is 127 cm³/mol. The SMILES string of the molecule is O=C(N[C@H](CN1CCCC1)[C@H](O)c1ccc2c(c1)OCCCC2)c1cc(-c2cccs2)on1. The summed E-state index contributed by atoms with van der Waals surface area (Å²) in [4.78, 5) is 16.2. The number of thiophene rings is 1. The van der Waals surface area contributed by atoms with E-state index in [1.54, 1.807) is 6.07 Å². The van der Waals surface area contributed by atoms with Gasteiger partial charge in [0.25, 0.3) is 5.91 Å². The molecule has 0 aliphatic carbocycles. The number of nitrogens with one attached hydrogen (secondary N) is 1. The zero-order valence-corrected chi connectivity index (χ0v) is 19.4. The third-order valence-corrected chi connectivity index (χ3v) is 7.27. The number of rotatable bonds is 7. The molecule has 1 saturated heterocycles. The zero-order chi connectivity index (χ0) is 22.6. The van der Waals surface area contributed by atoms with E-state index in [4.69, 9.17) is 9.26 Å². The Hall–Kier alpha value is -2.68.